The third kappa shape index (κ3) is 2.79. The van der Waals surface area contributed by atoms with Gasteiger partial charge in [-0.15, -0.1) is 0 Å². The highest BCUT2D eigenvalue weighted by Crippen LogP contribution is 2.19. The molecule has 0 unspecified atom stereocenters. The summed E-state index contributed by atoms with van der Waals surface area (Å²) < 4.78 is 4.67. The molecule has 108 valence electrons. The summed E-state index contributed by atoms with van der Waals surface area (Å²) in [6.45, 7) is 0.744. The Morgan fingerprint density at radius 3 is 2.50 bits per heavy atom. The average molecular weight is 281 g/mol. The van der Waals surface area contributed by atoms with Crippen molar-refractivity contribution in [3.05, 3.63) is 32.6 Å². The predicted octanol–water partition coefficient (Wildman–Crippen LogP) is -0.912. The van der Waals surface area contributed by atoms with Gasteiger partial charge in [0.05, 0.1) is 13.0 Å². The summed E-state index contributed by atoms with van der Waals surface area (Å²) in [5.41, 5.74) is -1.48. The van der Waals surface area contributed by atoms with Crippen molar-refractivity contribution >= 4 is 11.9 Å². The Morgan fingerprint density at radius 1 is 1.30 bits per heavy atom. The highest BCUT2D eigenvalue weighted by molar-refractivity contribution is 5.93. The van der Waals surface area contributed by atoms with Crippen LogP contribution >= 0.6 is 0 Å². The molecule has 0 aromatic carbocycles. The zero-order chi connectivity index (χ0) is 14.7. The molecule has 1 aromatic heterocycles. The van der Waals surface area contributed by atoms with Gasteiger partial charge in [0, 0.05) is 19.3 Å². The number of likely N-dealkylation sites (tertiary alicyclic amines) is 1. The molecule has 0 saturated carbocycles. The Hall–Kier alpha value is -2.38. The fraction of sp³-hybridized carbons (Fsp3) is 0.500. The number of nitrogens with one attached hydrogen (secondary N) is 2. The third-order valence-electron chi connectivity index (χ3n) is 3.37. The number of piperidine rings is 1. The van der Waals surface area contributed by atoms with E-state index in [1.807, 2.05) is 4.98 Å². The molecule has 0 bridgehead atoms. The van der Waals surface area contributed by atoms with Gasteiger partial charge >= 0.3 is 11.7 Å². The number of rotatable bonds is 2. The number of ether oxygens (including phenoxy) is 1. The molecule has 8 nitrogen and oxygen atoms in total. The van der Waals surface area contributed by atoms with Gasteiger partial charge in [0.25, 0.3) is 11.5 Å². The molecule has 2 rings (SSSR count). The van der Waals surface area contributed by atoms with Crippen LogP contribution in [0.2, 0.25) is 0 Å². The summed E-state index contributed by atoms with van der Waals surface area (Å²) >= 11 is 0. The van der Waals surface area contributed by atoms with Crippen molar-refractivity contribution in [2.24, 2.45) is 5.92 Å². The molecule has 0 radical (unpaired) electrons. The zero-order valence-corrected chi connectivity index (χ0v) is 11.0. The molecular formula is C12H15N3O5. The Balaban J connectivity index is 2.07. The number of carbonyl (C=O) groups excluding carboxylic acids is 2. The first-order chi connectivity index (χ1) is 9.52. The molecule has 1 amide bonds. The third-order valence-corrected chi connectivity index (χ3v) is 3.37. The first-order valence-corrected chi connectivity index (χ1v) is 6.22. The van der Waals surface area contributed by atoms with E-state index in [9.17, 15) is 19.2 Å². The molecule has 1 aromatic rings. The van der Waals surface area contributed by atoms with Gasteiger partial charge in [-0.1, -0.05) is 0 Å². The molecule has 0 spiro atoms. The maximum atomic E-state index is 12.1. The van der Waals surface area contributed by atoms with Gasteiger partial charge < -0.3 is 14.6 Å². The standard InChI is InChI=1S/C12H15N3O5/c1-20-11(18)7-2-4-15(5-3-7)10(17)8-6-13-12(19)14-9(8)16/h6-7H,2-5H2,1H3,(H2,13,14,16,19). The van der Waals surface area contributed by atoms with Gasteiger partial charge in [0.2, 0.25) is 0 Å². The molecule has 2 heterocycles. The van der Waals surface area contributed by atoms with E-state index in [0.29, 0.717) is 25.9 Å². The number of amides is 1. The first-order valence-electron chi connectivity index (χ1n) is 6.22. The lowest BCUT2D eigenvalue weighted by Gasteiger charge is -2.30. The van der Waals surface area contributed by atoms with E-state index >= 15 is 0 Å². The highest BCUT2D eigenvalue weighted by Gasteiger charge is 2.29. The second-order valence-corrected chi connectivity index (χ2v) is 4.58. The molecule has 8 heteroatoms. The van der Waals surface area contributed by atoms with E-state index in [1.165, 1.54) is 12.0 Å². The molecule has 1 aliphatic heterocycles. The number of aromatic amines is 2. The van der Waals surface area contributed by atoms with Crippen LogP contribution in [0.3, 0.4) is 0 Å². The molecule has 0 aliphatic carbocycles. The van der Waals surface area contributed by atoms with E-state index in [4.69, 9.17) is 0 Å². The van der Waals surface area contributed by atoms with Crippen molar-refractivity contribution < 1.29 is 14.3 Å². The summed E-state index contributed by atoms with van der Waals surface area (Å²) in [7, 11) is 1.33. The van der Waals surface area contributed by atoms with Crippen LogP contribution in [0, 0.1) is 5.92 Å². The monoisotopic (exact) mass is 281 g/mol. The summed E-state index contributed by atoms with van der Waals surface area (Å²) in [6, 6.07) is 0. The lowest BCUT2D eigenvalue weighted by molar-refractivity contribution is -0.146. The number of hydrogen-bond donors (Lipinski definition) is 2. The molecule has 0 atom stereocenters. The van der Waals surface area contributed by atoms with Gasteiger partial charge in [0.1, 0.15) is 5.56 Å². The largest absolute Gasteiger partial charge is 0.469 e. The fourth-order valence-corrected chi connectivity index (χ4v) is 2.22. The summed E-state index contributed by atoms with van der Waals surface area (Å²) in [5, 5.41) is 0. The van der Waals surface area contributed by atoms with Crippen molar-refractivity contribution in [1.29, 1.82) is 0 Å². The first kappa shape index (κ1) is 14.0. The predicted molar refractivity (Wildman–Crippen MR) is 68.3 cm³/mol. The number of hydrogen-bond acceptors (Lipinski definition) is 5. The van der Waals surface area contributed by atoms with Crippen LogP contribution in [0.25, 0.3) is 0 Å². The molecule has 1 saturated heterocycles. The Labute approximate surface area is 113 Å². The number of nitrogens with zero attached hydrogens (tertiary/aromatic N) is 1. The van der Waals surface area contributed by atoms with Crippen molar-refractivity contribution in [2.45, 2.75) is 12.8 Å². The van der Waals surface area contributed by atoms with E-state index in [0.717, 1.165) is 6.20 Å². The number of methoxy groups -OCH3 is 1. The summed E-state index contributed by atoms with van der Waals surface area (Å²) in [4.78, 5) is 51.7. The Kier molecular flexibility index (Phi) is 4.02. The smallest absolute Gasteiger partial charge is 0.325 e. The Morgan fingerprint density at radius 2 is 1.95 bits per heavy atom. The normalized spacial score (nSPS) is 15.9. The van der Waals surface area contributed by atoms with E-state index in [2.05, 4.69) is 9.72 Å². The van der Waals surface area contributed by atoms with Crippen LogP contribution < -0.4 is 11.2 Å². The van der Waals surface area contributed by atoms with Crippen molar-refractivity contribution in [3.8, 4) is 0 Å². The van der Waals surface area contributed by atoms with E-state index in [1.54, 1.807) is 0 Å². The van der Waals surface area contributed by atoms with Crippen LogP contribution in [0.4, 0.5) is 0 Å². The topological polar surface area (TPSA) is 112 Å². The fourth-order valence-electron chi connectivity index (χ4n) is 2.22. The van der Waals surface area contributed by atoms with Crippen LogP contribution in [0.15, 0.2) is 15.8 Å². The van der Waals surface area contributed by atoms with Gasteiger partial charge in [-0.25, -0.2) is 4.79 Å². The number of carbonyl (C=O) groups is 2. The second-order valence-electron chi connectivity index (χ2n) is 4.58. The lowest BCUT2D eigenvalue weighted by Crippen LogP contribution is -2.43. The average Bonchev–Trinajstić information content (AvgIpc) is 2.46. The van der Waals surface area contributed by atoms with Crippen molar-refractivity contribution in [1.82, 2.24) is 14.9 Å². The maximum absolute atomic E-state index is 12.1. The summed E-state index contributed by atoms with van der Waals surface area (Å²) in [5.74, 6) is -0.942. The lowest BCUT2D eigenvalue weighted by atomic mass is 9.96. The van der Waals surface area contributed by atoms with Gasteiger partial charge in [-0.3, -0.25) is 19.4 Å². The van der Waals surface area contributed by atoms with E-state index < -0.39 is 17.2 Å². The zero-order valence-electron chi connectivity index (χ0n) is 11.0. The molecule has 2 N–H and O–H groups in total. The number of esters is 1. The van der Waals surface area contributed by atoms with Crippen molar-refractivity contribution in [3.63, 3.8) is 0 Å². The Bertz CT molecular complexity index is 624. The van der Waals surface area contributed by atoms with E-state index in [-0.39, 0.29) is 17.5 Å². The molecule has 20 heavy (non-hydrogen) atoms. The minimum atomic E-state index is -0.714. The number of aromatic nitrogens is 2. The second kappa shape index (κ2) is 5.72. The van der Waals surface area contributed by atoms with Gasteiger partial charge in [0.15, 0.2) is 0 Å². The van der Waals surface area contributed by atoms with Gasteiger partial charge in [-0.05, 0) is 12.8 Å². The minimum Gasteiger partial charge on any atom is -0.469 e. The SMILES string of the molecule is COC(=O)C1CCN(C(=O)c2c[nH]c(=O)[nH]c2=O)CC1. The maximum Gasteiger partial charge on any atom is 0.325 e. The van der Waals surface area contributed by atoms with Crippen LogP contribution in [0.5, 0.6) is 0 Å². The van der Waals surface area contributed by atoms with Crippen LogP contribution in [-0.4, -0.2) is 46.9 Å². The highest BCUT2D eigenvalue weighted by atomic mass is 16.5. The summed E-state index contributed by atoms with van der Waals surface area (Å²) in [6.07, 6.45) is 2.11. The molecular weight excluding hydrogens is 266 g/mol. The molecule has 1 fully saturated rings. The van der Waals surface area contributed by atoms with Crippen LogP contribution in [0.1, 0.15) is 23.2 Å². The minimum absolute atomic E-state index is 0.110. The van der Waals surface area contributed by atoms with Crippen LogP contribution in [-0.2, 0) is 9.53 Å². The molecule has 1 aliphatic rings. The van der Waals surface area contributed by atoms with Gasteiger partial charge in [-0.2, -0.15) is 0 Å². The van der Waals surface area contributed by atoms with Crippen molar-refractivity contribution in [2.75, 3.05) is 20.2 Å². The number of H-pyrrole nitrogens is 2. The quantitative estimate of drug-likeness (QED) is 0.681.